The van der Waals surface area contributed by atoms with Gasteiger partial charge in [-0.05, 0) is 42.5 Å². The highest BCUT2D eigenvalue weighted by Gasteiger charge is 2.12. The monoisotopic (exact) mass is 320 g/mol. The van der Waals surface area contributed by atoms with Crippen molar-refractivity contribution in [2.24, 2.45) is 0 Å². The van der Waals surface area contributed by atoms with E-state index in [1.165, 1.54) is 21.5 Å². The summed E-state index contributed by atoms with van der Waals surface area (Å²) >= 11 is 0. The normalized spacial score (nSPS) is 11.5. The van der Waals surface area contributed by atoms with Crippen LogP contribution in [-0.2, 0) is 4.74 Å². The Bertz CT molecular complexity index is 597. The van der Waals surface area contributed by atoms with Crippen LogP contribution in [0.4, 0.5) is 0 Å². The molecule has 0 aliphatic heterocycles. The van der Waals surface area contributed by atoms with Crippen molar-refractivity contribution in [2.45, 2.75) is 6.92 Å². The van der Waals surface area contributed by atoms with Crippen molar-refractivity contribution in [3.8, 4) is 5.75 Å². The van der Waals surface area contributed by atoms with E-state index in [1.54, 1.807) is 7.11 Å². The molecule has 0 saturated heterocycles. The Hall–Kier alpha value is -0.940. The Kier molecular flexibility index (Phi) is 6.18. The van der Waals surface area contributed by atoms with Gasteiger partial charge in [0.1, 0.15) is 5.75 Å². The molecule has 0 aliphatic rings. The van der Waals surface area contributed by atoms with Crippen LogP contribution in [0.25, 0.3) is 0 Å². The average molecular weight is 320 g/mol. The first-order valence-corrected chi connectivity index (χ1v) is 10.1. The van der Waals surface area contributed by atoms with Gasteiger partial charge in [0.2, 0.25) is 0 Å². The number of methoxy groups -OCH3 is 1. The molecular weight excluding hydrogens is 298 g/mol. The molecule has 2 aromatic carbocycles. The van der Waals surface area contributed by atoms with Crippen molar-refractivity contribution in [1.82, 2.24) is 0 Å². The zero-order valence-corrected chi connectivity index (χ0v) is 14.9. The van der Waals surface area contributed by atoms with E-state index >= 15 is 0 Å². The van der Waals surface area contributed by atoms with Crippen LogP contribution in [0.2, 0.25) is 0 Å². The molecule has 0 amide bonds. The maximum Gasteiger partial charge on any atom is 0.188 e. The quantitative estimate of drug-likeness (QED) is 0.602. The highest BCUT2D eigenvalue weighted by Crippen LogP contribution is 2.28. The Morgan fingerprint density at radius 2 is 1.81 bits per heavy atom. The zero-order chi connectivity index (χ0) is 15.2. The third-order valence-electron chi connectivity index (χ3n) is 3.21. The Balaban J connectivity index is 2.34. The summed E-state index contributed by atoms with van der Waals surface area (Å²) in [5, 5.41) is 4.19. The SMILES string of the molecule is COCOc1ccccc1Pc1c(C)cccc1P(C)C. The lowest BCUT2D eigenvalue weighted by atomic mass is 10.2. The molecule has 0 spiro atoms. The molecule has 1 atom stereocenters. The van der Waals surface area contributed by atoms with Crippen molar-refractivity contribution in [1.29, 1.82) is 0 Å². The van der Waals surface area contributed by atoms with Gasteiger partial charge in [0.25, 0.3) is 0 Å². The molecule has 0 fully saturated rings. The standard InChI is InChI=1S/C17H22O2P2/c1-13-8-7-11-16(21(3)4)17(13)20-15-10-6-5-9-14(15)19-12-18-2/h5-11,20H,12H2,1-4H3. The van der Waals surface area contributed by atoms with E-state index in [2.05, 4.69) is 50.6 Å². The molecule has 0 aliphatic carbocycles. The van der Waals surface area contributed by atoms with Crippen LogP contribution >= 0.6 is 16.5 Å². The minimum Gasteiger partial charge on any atom is -0.467 e. The molecular formula is C17H22O2P2. The van der Waals surface area contributed by atoms with Gasteiger partial charge >= 0.3 is 0 Å². The summed E-state index contributed by atoms with van der Waals surface area (Å²) in [6, 6.07) is 14.9. The largest absolute Gasteiger partial charge is 0.467 e. The average Bonchev–Trinajstić information content (AvgIpc) is 2.48. The van der Waals surface area contributed by atoms with Crippen LogP contribution < -0.4 is 20.7 Å². The molecule has 0 bridgehead atoms. The van der Waals surface area contributed by atoms with Crippen LogP contribution in [0.15, 0.2) is 42.5 Å². The summed E-state index contributed by atoms with van der Waals surface area (Å²) in [6.45, 7) is 7.11. The second-order valence-corrected chi connectivity index (χ2v) is 8.59. The lowest BCUT2D eigenvalue weighted by Crippen LogP contribution is -2.23. The maximum absolute atomic E-state index is 5.69. The smallest absolute Gasteiger partial charge is 0.188 e. The van der Waals surface area contributed by atoms with Gasteiger partial charge in [-0.25, -0.2) is 0 Å². The molecule has 1 unspecified atom stereocenters. The first-order chi connectivity index (χ1) is 10.1. The van der Waals surface area contributed by atoms with Gasteiger partial charge in [-0.2, -0.15) is 0 Å². The predicted octanol–water partition coefficient (Wildman–Crippen LogP) is 2.97. The van der Waals surface area contributed by atoms with Crippen LogP contribution in [0.1, 0.15) is 5.56 Å². The fourth-order valence-corrected chi connectivity index (χ4v) is 5.21. The molecule has 21 heavy (non-hydrogen) atoms. The number of hydrogen-bond acceptors (Lipinski definition) is 2. The number of rotatable bonds is 6. The number of hydrogen-bond donors (Lipinski definition) is 0. The molecule has 2 nitrogen and oxygen atoms in total. The summed E-state index contributed by atoms with van der Waals surface area (Å²) < 4.78 is 10.7. The van der Waals surface area contributed by atoms with Crippen LogP contribution in [-0.4, -0.2) is 27.2 Å². The fourth-order valence-electron chi connectivity index (χ4n) is 2.14. The van der Waals surface area contributed by atoms with E-state index in [0.29, 0.717) is 8.58 Å². The molecule has 2 aromatic rings. The maximum atomic E-state index is 5.69. The lowest BCUT2D eigenvalue weighted by Gasteiger charge is -2.17. The van der Waals surface area contributed by atoms with E-state index in [9.17, 15) is 0 Å². The molecule has 0 N–H and O–H groups in total. The highest BCUT2D eigenvalue weighted by molar-refractivity contribution is 7.67. The minimum atomic E-state index is -0.108. The molecule has 112 valence electrons. The van der Waals surface area contributed by atoms with E-state index in [-0.39, 0.29) is 14.7 Å². The molecule has 4 heteroatoms. The summed E-state index contributed by atoms with van der Waals surface area (Å²) in [7, 11) is 2.15. The number of aryl methyl sites for hydroxylation is 1. The Labute approximate surface area is 130 Å². The molecule has 0 radical (unpaired) electrons. The predicted molar refractivity (Wildman–Crippen MR) is 96.1 cm³/mol. The Morgan fingerprint density at radius 3 is 2.52 bits per heavy atom. The first kappa shape index (κ1) is 16.4. The van der Waals surface area contributed by atoms with Crippen LogP contribution in [0, 0.1) is 6.92 Å². The summed E-state index contributed by atoms with van der Waals surface area (Å²) in [5.74, 6) is 0.920. The topological polar surface area (TPSA) is 18.5 Å². The van der Waals surface area contributed by atoms with Gasteiger partial charge in [0.15, 0.2) is 6.79 Å². The van der Waals surface area contributed by atoms with E-state index in [4.69, 9.17) is 9.47 Å². The van der Waals surface area contributed by atoms with Crippen molar-refractivity contribution >= 4 is 32.4 Å². The number of ether oxygens (including phenoxy) is 2. The fraction of sp³-hybridized carbons (Fsp3) is 0.294. The highest BCUT2D eigenvalue weighted by atomic mass is 31.1. The Morgan fingerprint density at radius 1 is 1.05 bits per heavy atom. The summed E-state index contributed by atoms with van der Waals surface area (Å²) in [4.78, 5) is 0. The molecule has 0 saturated carbocycles. The lowest BCUT2D eigenvalue weighted by molar-refractivity contribution is 0.0519. The number of benzene rings is 2. The van der Waals surface area contributed by atoms with Crippen molar-refractivity contribution in [3.63, 3.8) is 0 Å². The second-order valence-electron chi connectivity index (χ2n) is 5.04. The molecule has 0 aromatic heterocycles. The minimum absolute atomic E-state index is 0.108. The molecule has 0 heterocycles. The second kappa shape index (κ2) is 7.90. The van der Waals surface area contributed by atoms with Crippen molar-refractivity contribution in [2.75, 3.05) is 27.2 Å². The number of para-hydroxylation sites is 1. The third kappa shape index (κ3) is 4.27. The summed E-state index contributed by atoms with van der Waals surface area (Å²) in [6.07, 6.45) is 0. The third-order valence-corrected chi connectivity index (χ3v) is 6.35. The van der Waals surface area contributed by atoms with Crippen molar-refractivity contribution < 1.29 is 9.47 Å². The van der Waals surface area contributed by atoms with Gasteiger partial charge in [-0.1, -0.05) is 52.9 Å². The van der Waals surface area contributed by atoms with Gasteiger partial charge in [-0.15, -0.1) is 0 Å². The molecule has 2 rings (SSSR count). The van der Waals surface area contributed by atoms with Gasteiger partial charge < -0.3 is 9.47 Å². The first-order valence-electron chi connectivity index (χ1n) is 6.88. The van der Waals surface area contributed by atoms with Crippen LogP contribution in [0.3, 0.4) is 0 Å². The van der Waals surface area contributed by atoms with Gasteiger partial charge in [-0.3, -0.25) is 0 Å². The van der Waals surface area contributed by atoms with Crippen LogP contribution in [0.5, 0.6) is 5.75 Å². The van der Waals surface area contributed by atoms with E-state index in [1.807, 2.05) is 12.1 Å². The zero-order valence-electron chi connectivity index (χ0n) is 13.0. The summed E-state index contributed by atoms with van der Waals surface area (Å²) in [5.41, 5.74) is 1.36. The van der Waals surface area contributed by atoms with Gasteiger partial charge in [0, 0.05) is 12.4 Å². The van der Waals surface area contributed by atoms with E-state index in [0.717, 1.165) is 5.75 Å². The van der Waals surface area contributed by atoms with Crippen molar-refractivity contribution in [3.05, 3.63) is 48.0 Å². The van der Waals surface area contributed by atoms with E-state index < -0.39 is 0 Å². The van der Waals surface area contributed by atoms with Gasteiger partial charge in [0.05, 0.1) is 0 Å².